The fourth-order valence-corrected chi connectivity index (χ4v) is 5.28. The highest BCUT2D eigenvalue weighted by molar-refractivity contribution is 6.12. The van der Waals surface area contributed by atoms with Gasteiger partial charge in [-0.15, -0.1) is 0 Å². The summed E-state index contributed by atoms with van der Waals surface area (Å²) >= 11 is 0. The number of halogens is 3. The van der Waals surface area contributed by atoms with E-state index in [9.17, 15) is 37.1 Å². The average molecular weight is 735 g/mol. The maximum atomic E-state index is 13.6. The first-order valence-electron chi connectivity index (χ1n) is 16.5. The summed E-state index contributed by atoms with van der Waals surface area (Å²) in [6.07, 6.45) is 0.976. The van der Waals surface area contributed by atoms with Crippen LogP contribution in [0.1, 0.15) is 52.6 Å². The van der Waals surface area contributed by atoms with E-state index in [4.69, 9.17) is 14.2 Å². The van der Waals surface area contributed by atoms with Gasteiger partial charge in [-0.3, -0.25) is 24.0 Å². The number of esters is 3. The molecule has 2 amide bonds. The summed E-state index contributed by atoms with van der Waals surface area (Å²) < 4.78 is 55.4. The molecule has 13 heteroatoms. The first kappa shape index (κ1) is 41.4. The van der Waals surface area contributed by atoms with Crippen molar-refractivity contribution in [3.8, 4) is 11.1 Å². The van der Waals surface area contributed by atoms with Crippen LogP contribution in [0.25, 0.3) is 11.1 Å². The van der Waals surface area contributed by atoms with Gasteiger partial charge in [-0.2, -0.15) is 13.2 Å². The van der Waals surface area contributed by atoms with Gasteiger partial charge in [0.05, 0.1) is 36.4 Å². The molecule has 53 heavy (non-hydrogen) atoms. The summed E-state index contributed by atoms with van der Waals surface area (Å²) in [7, 11) is 3.00. The zero-order valence-electron chi connectivity index (χ0n) is 30.0. The van der Waals surface area contributed by atoms with Crippen LogP contribution in [0.2, 0.25) is 0 Å². The zero-order chi connectivity index (χ0) is 39.3. The van der Waals surface area contributed by atoms with Gasteiger partial charge in [-0.25, -0.2) is 0 Å². The van der Waals surface area contributed by atoms with Gasteiger partial charge in [0.15, 0.2) is 0 Å². The number of rotatable bonds is 15. The monoisotopic (exact) mass is 734 g/mol. The molecule has 0 aliphatic rings. The van der Waals surface area contributed by atoms with Crippen LogP contribution in [-0.4, -0.2) is 68.5 Å². The van der Waals surface area contributed by atoms with Crippen molar-refractivity contribution in [3.05, 3.63) is 125 Å². The lowest BCUT2D eigenvalue weighted by molar-refractivity contribution is -0.174. The molecule has 0 spiro atoms. The maximum Gasteiger partial charge on any atom is 0.416 e. The van der Waals surface area contributed by atoms with Gasteiger partial charge >= 0.3 is 24.1 Å². The lowest BCUT2D eigenvalue weighted by atomic mass is 9.79. The van der Waals surface area contributed by atoms with E-state index in [0.29, 0.717) is 16.7 Å². The van der Waals surface area contributed by atoms with Gasteiger partial charge in [0.2, 0.25) is 5.41 Å². The van der Waals surface area contributed by atoms with Crippen molar-refractivity contribution < 1.29 is 51.4 Å². The number of carbonyl (C=O) groups excluding carboxylic acids is 5. The van der Waals surface area contributed by atoms with Gasteiger partial charge in [0, 0.05) is 19.7 Å². The summed E-state index contributed by atoms with van der Waals surface area (Å²) in [5.74, 6) is -3.96. The van der Waals surface area contributed by atoms with E-state index in [1.807, 2.05) is 0 Å². The van der Waals surface area contributed by atoms with Crippen molar-refractivity contribution in [1.82, 2.24) is 4.90 Å². The molecule has 0 aromatic heterocycles. The topological polar surface area (TPSA) is 128 Å². The van der Waals surface area contributed by atoms with Gasteiger partial charge in [0.1, 0.15) is 6.61 Å². The van der Waals surface area contributed by atoms with E-state index in [1.54, 1.807) is 39.0 Å². The lowest BCUT2D eigenvalue weighted by Crippen LogP contribution is -2.47. The summed E-state index contributed by atoms with van der Waals surface area (Å²) in [6.45, 7) is 7.44. The minimum Gasteiger partial charge on any atom is -0.465 e. The SMILES string of the molecule is C=C/C=C\C(=C/C)C(COC(=O)Cc1ccc(NC(=O)c2ccccc2-c2ccc(C(F)(F)F)cc2)c(C(=O)N(C)C)c1)(C(=O)OCC)C(=O)OCC. The quantitative estimate of drug-likeness (QED) is 0.0751. The number of allylic oxidation sites excluding steroid dienone is 4. The number of anilines is 1. The van der Waals surface area contributed by atoms with Gasteiger partial charge < -0.3 is 24.4 Å². The Kier molecular flexibility index (Phi) is 14.5. The second-order valence-electron chi connectivity index (χ2n) is 11.7. The molecule has 10 nitrogen and oxygen atoms in total. The normalized spacial score (nSPS) is 11.8. The number of alkyl halides is 3. The molecule has 280 valence electrons. The van der Waals surface area contributed by atoms with Gasteiger partial charge in [0.25, 0.3) is 11.8 Å². The molecule has 3 rings (SSSR count). The van der Waals surface area contributed by atoms with E-state index in [-0.39, 0.29) is 35.6 Å². The molecule has 0 bridgehead atoms. The van der Waals surface area contributed by atoms with E-state index in [2.05, 4.69) is 11.9 Å². The molecule has 0 fully saturated rings. The summed E-state index contributed by atoms with van der Waals surface area (Å²) in [5, 5.41) is 2.71. The second-order valence-corrected chi connectivity index (χ2v) is 11.7. The van der Waals surface area contributed by atoms with E-state index >= 15 is 0 Å². The van der Waals surface area contributed by atoms with E-state index in [1.165, 1.54) is 79.7 Å². The smallest absolute Gasteiger partial charge is 0.416 e. The Bertz CT molecular complexity index is 1880. The predicted octanol–water partition coefficient (Wildman–Crippen LogP) is 7.21. The van der Waals surface area contributed by atoms with Crippen molar-refractivity contribution in [2.45, 2.75) is 33.4 Å². The second kappa shape index (κ2) is 18.5. The number of amides is 2. The summed E-state index contributed by atoms with van der Waals surface area (Å²) in [5.41, 5.74) is -1.52. The van der Waals surface area contributed by atoms with Gasteiger partial charge in [-0.05, 0) is 73.4 Å². The molecule has 0 aliphatic carbocycles. The van der Waals surface area contributed by atoms with Crippen LogP contribution >= 0.6 is 0 Å². The Hall–Kier alpha value is -5.98. The van der Waals surface area contributed by atoms with Gasteiger partial charge in [-0.1, -0.05) is 67.3 Å². The largest absolute Gasteiger partial charge is 0.465 e. The third-order valence-electron chi connectivity index (χ3n) is 7.93. The van der Waals surface area contributed by atoms with Crippen LogP contribution in [0.3, 0.4) is 0 Å². The molecule has 0 atom stereocenters. The molecule has 0 saturated heterocycles. The van der Waals surface area contributed by atoms with E-state index in [0.717, 1.165) is 12.1 Å². The highest BCUT2D eigenvalue weighted by Gasteiger charge is 2.52. The number of hydrogen-bond donors (Lipinski definition) is 1. The predicted molar refractivity (Wildman–Crippen MR) is 193 cm³/mol. The summed E-state index contributed by atoms with van der Waals surface area (Å²) in [4.78, 5) is 68.1. The Labute approximate surface area is 305 Å². The number of carbonyl (C=O) groups is 5. The lowest BCUT2D eigenvalue weighted by Gasteiger charge is -2.30. The van der Waals surface area contributed by atoms with Crippen LogP contribution < -0.4 is 5.32 Å². The minimum absolute atomic E-state index is 0.0267. The molecule has 1 N–H and O–H groups in total. The number of nitrogens with one attached hydrogen (secondary N) is 1. The molecule has 0 unspecified atom stereocenters. The molecular weight excluding hydrogens is 693 g/mol. The van der Waals surface area contributed by atoms with Crippen LogP contribution in [0.15, 0.2) is 103 Å². The van der Waals surface area contributed by atoms with E-state index < -0.39 is 59.9 Å². The first-order chi connectivity index (χ1) is 25.1. The van der Waals surface area contributed by atoms with Crippen molar-refractivity contribution in [2.75, 3.05) is 39.2 Å². The molecule has 0 radical (unpaired) electrons. The Morgan fingerprint density at radius 1 is 0.849 bits per heavy atom. The number of benzene rings is 3. The molecular formula is C40H41F3N2O8. The van der Waals surface area contributed by atoms with Crippen LogP contribution in [0.4, 0.5) is 18.9 Å². The Morgan fingerprint density at radius 2 is 1.47 bits per heavy atom. The van der Waals surface area contributed by atoms with Crippen LogP contribution in [-0.2, 0) is 41.2 Å². The standard InChI is InChI=1S/C40H41F3N2O8/c1-7-11-14-28(8-2)39(37(49)51-9-3,38(50)52-10-4)25-53-34(46)24-26-17-22-33(32(23-26)36(48)45(5)6)44-35(47)31-16-13-12-15-30(31)27-18-20-29(21-19-27)40(41,42)43/h7-8,11-23H,1,9-10,24-25H2,2-6H3,(H,44,47)/b14-11-,28-8+. The zero-order valence-corrected chi connectivity index (χ0v) is 30.0. The molecule has 0 aliphatic heterocycles. The third-order valence-corrected chi connectivity index (χ3v) is 7.93. The molecule has 3 aromatic carbocycles. The van der Waals surface area contributed by atoms with Crippen LogP contribution in [0.5, 0.6) is 0 Å². The average Bonchev–Trinajstić information content (AvgIpc) is 3.13. The molecule has 3 aromatic rings. The summed E-state index contributed by atoms with van der Waals surface area (Å²) in [6, 6.07) is 15.0. The van der Waals surface area contributed by atoms with Crippen molar-refractivity contribution in [2.24, 2.45) is 5.41 Å². The number of hydrogen-bond acceptors (Lipinski definition) is 8. The Balaban J connectivity index is 1.93. The van der Waals surface area contributed by atoms with Crippen molar-refractivity contribution >= 4 is 35.4 Å². The van der Waals surface area contributed by atoms with Crippen LogP contribution in [0, 0.1) is 5.41 Å². The van der Waals surface area contributed by atoms with Crippen molar-refractivity contribution in [1.29, 1.82) is 0 Å². The fraction of sp³-hybridized carbons (Fsp3) is 0.275. The fourth-order valence-electron chi connectivity index (χ4n) is 5.28. The maximum absolute atomic E-state index is 13.6. The van der Waals surface area contributed by atoms with Crippen molar-refractivity contribution in [3.63, 3.8) is 0 Å². The third kappa shape index (κ3) is 10.1. The number of nitrogens with zero attached hydrogens (tertiary/aromatic N) is 1. The highest BCUT2D eigenvalue weighted by Crippen LogP contribution is 2.35. The Morgan fingerprint density at radius 3 is 2.02 bits per heavy atom. The minimum atomic E-state index is -4.53. The first-order valence-corrected chi connectivity index (χ1v) is 16.5. The molecule has 0 saturated carbocycles. The molecule has 0 heterocycles. The number of ether oxygens (including phenoxy) is 3. The highest BCUT2D eigenvalue weighted by atomic mass is 19.4.